The third-order valence-electron chi connectivity index (χ3n) is 8.46. The summed E-state index contributed by atoms with van der Waals surface area (Å²) in [6, 6.07) is 0. The van der Waals surface area contributed by atoms with Crippen molar-refractivity contribution in [2.45, 2.75) is 232 Å². The van der Waals surface area contributed by atoms with Crippen LogP contribution in [0.3, 0.4) is 0 Å². The maximum absolute atomic E-state index is 2.31. The number of rotatable bonds is 33. The molecule has 0 aliphatic carbocycles. The molecule has 0 saturated carbocycles. The van der Waals surface area contributed by atoms with E-state index in [4.69, 9.17) is 0 Å². The van der Waals surface area contributed by atoms with Crippen molar-refractivity contribution in [1.82, 2.24) is 0 Å². The van der Waals surface area contributed by atoms with Crippen LogP contribution in [0, 0.1) is 0 Å². The van der Waals surface area contributed by atoms with Crippen LogP contribution in [-0.4, -0.2) is 18.9 Å². The van der Waals surface area contributed by atoms with E-state index in [1.54, 1.807) is 0 Å². The Hall–Kier alpha value is 0.597. The van der Waals surface area contributed by atoms with Gasteiger partial charge < -0.3 is 0 Å². The Bertz CT molecular complexity index is 319. The average molecular weight is 514 g/mol. The van der Waals surface area contributed by atoms with Gasteiger partial charge in [-0.25, -0.2) is 0 Å². The van der Waals surface area contributed by atoms with Crippen molar-refractivity contribution in [2.24, 2.45) is 0 Å². The van der Waals surface area contributed by atoms with Gasteiger partial charge in [-0.05, 0) is 0 Å². The first-order valence-electron chi connectivity index (χ1n) is 17.9. The molecule has 219 valence electrons. The van der Waals surface area contributed by atoms with Gasteiger partial charge in [-0.2, -0.15) is 0 Å². The quantitative estimate of drug-likeness (QED) is 0.0604. The average Bonchev–Trinajstić information content (AvgIpc) is 2.89. The first kappa shape index (κ1) is 39.7. The van der Waals surface area contributed by atoms with E-state index in [2.05, 4.69) is 13.8 Å². The fourth-order valence-corrected chi connectivity index (χ4v) is 5.80. The molecule has 0 amide bonds. The second-order valence-electron chi connectivity index (χ2n) is 12.3. The zero-order valence-corrected chi connectivity index (χ0v) is 27.0. The van der Waals surface area contributed by atoms with E-state index in [0.29, 0.717) is 0 Å². The fraction of sp³-hybridized carbons (Fsp3) is 1.00. The molecular weight excluding hydrogens is 439 g/mol. The van der Waals surface area contributed by atoms with Crippen molar-refractivity contribution >= 4 is 18.9 Å². The van der Waals surface area contributed by atoms with Crippen molar-refractivity contribution in [1.29, 1.82) is 0 Å². The van der Waals surface area contributed by atoms with Crippen molar-refractivity contribution in [3.63, 3.8) is 0 Å². The molecule has 0 fully saturated rings. The summed E-state index contributed by atoms with van der Waals surface area (Å²) in [4.78, 5) is 0. The summed E-state index contributed by atoms with van der Waals surface area (Å²) in [5, 5.41) is 0. The Labute approximate surface area is 250 Å². The number of hydrogen-bond donors (Lipinski definition) is 0. The molecule has 0 saturated heterocycles. The van der Waals surface area contributed by atoms with Gasteiger partial charge in [-0.15, -0.1) is 0 Å². The molecule has 0 aliphatic rings. The number of hydrogen-bond acceptors (Lipinski definition) is 0. The first-order valence-corrected chi connectivity index (χ1v) is 17.9. The van der Waals surface area contributed by atoms with E-state index >= 15 is 0 Å². The summed E-state index contributed by atoms with van der Waals surface area (Å²) in [5.74, 6) is 0. The molecule has 1 heteroatoms. The molecule has 0 aromatic rings. The summed E-state index contributed by atoms with van der Waals surface area (Å²) in [6.45, 7) is 4.62. The zero-order valence-electron chi connectivity index (χ0n) is 27.0. The van der Waals surface area contributed by atoms with Gasteiger partial charge in [0.05, 0.1) is 0 Å². The van der Waals surface area contributed by atoms with Crippen LogP contribution in [0.4, 0.5) is 0 Å². The molecule has 0 N–H and O–H groups in total. The maximum Gasteiger partial charge on any atom is 0 e. The van der Waals surface area contributed by atoms with E-state index in [1.165, 1.54) is 218 Å². The van der Waals surface area contributed by atoms with Gasteiger partial charge in [-0.3, -0.25) is 0 Å². The van der Waals surface area contributed by atoms with Gasteiger partial charge in [0.2, 0.25) is 0 Å². The molecule has 1 radical (unpaired) electrons. The van der Waals surface area contributed by atoms with E-state index in [9.17, 15) is 0 Å². The van der Waals surface area contributed by atoms with Crippen LogP contribution < -0.4 is 0 Å². The summed E-state index contributed by atoms with van der Waals surface area (Å²) in [7, 11) is 0. The van der Waals surface area contributed by atoms with Gasteiger partial charge in [0, 0.05) is 18.9 Å². The smallest absolute Gasteiger partial charge is 0 e. The molecule has 0 aromatic carbocycles. The summed E-state index contributed by atoms with van der Waals surface area (Å²) < 4.78 is 0. The Morgan fingerprint density at radius 3 is 0.324 bits per heavy atom. The zero-order chi connectivity index (χ0) is 26.0. The molecule has 0 aliphatic heterocycles. The van der Waals surface area contributed by atoms with Crippen molar-refractivity contribution in [3.8, 4) is 0 Å². The van der Waals surface area contributed by atoms with Gasteiger partial charge in [0.1, 0.15) is 0 Å². The van der Waals surface area contributed by atoms with Crippen molar-refractivity contribution < 1.29 is 0 Å². The van der Waals surface area contributed by atoms with Gasteiger partial charge in [-0.1, -0.05) is 232 Å². The Morgan fingerprint density at radius 1 is 0.162 bits per heavy atom. The normalized spacial score (nSPS) is 11.2. The van der Waals surface area contributed by atoms with Crippen molar-refractivity contribution in [2.75, 3.05) is 0 Å². The third-order valence-corrected chi connectivity index (χ3v) is 8.46. The molecule has 0 heterocycles. The number of unbranched alkanes of at least 4 members (excludes halogenated alkanes) is 33. The van der Waals surface area contributed by atoms with Crippen LogP contribution in [0.5, 0.6) is 0 Å². The second-order valence-corrected chi connectivity index (χ2v) is 12.3. The predicted molar refractivity (Wildman–Crippen MR) is 174 cm³/mol. The van der Waals surface area contributed by atoms with Crippen LogP contribution in [0.25, 0.3) is 0 Å². The van der Waals surface area contributed by atoms with Gasteiger partial charge >= 0.3 is 0 Å². The monoisotopic (exact) mass is 514 g/mol. The third kappa shape index (κ3) is 38.8. The molecule has 0 nitrogen and oxygen atoms in total. The molecule has 0 rings (SSSR count). The maximum atomic E-state index is 2.31. The van der Waals surface area contributed by atoms with Crippen LogP contribution >= 0.6 is 0 Å². The van der Waals surface area contributed by atoms with E-state index < -0.39 is 0 Å². The topological polar surface area (TPSA) is 0 Å². The Morgan fingerprint density at radius 2 is 0.243 bits per heavy atom. The summed E-state index contributed by atoms with van der Waals surface area (Å²) in [5.41, 5.74) is 0. The molecule has 0 aromatic heterocycles. The molecule has 0 atom stereocenters. The van der Waals surface area contributed by atoms with Gasteiger partial charge in [0.25, 0.3) is 0 Å². The Balaban J connectivity index is 0. The molecular formula is C36H74Li. The van der Waals surface area contributed by atoms with Crippen LogP contribution in [0.1, 0.15) is 232 Å². The second kappa shape index (κ2) is 38.7. The first-order chi connectivity index (χ1) is 17.9. The van der Waals surface area contributed by atoms with Crippen LogP contribution in [-0.2, 0) is 0 Å². The van der Waals surface area contributed by atoms with Crippen molar-refractivity contribution in [3.05, 3.63) is 0 Å². The van der Waals surface area contributed by atoms with E-state index in [0.717, 1.165) is 0 Å². The molecule has 0 bridgehead atoms. The molecule has 0 spiro atoms. The minimum absolute atomic E-state index is 0. The van der Waals surface area contributed by atoms with E-state index in [-0.39, 0.29) is 18.9 Å². The molecule has 37 heavy (non-hydrogen) atoms. The SMILES string of the molecule is CCCCCCCCCCCCCCCCCCCCCCCCCCCCCCCCCCCC.[Li]. The summed E-state index contributed by atoms with van der Waals surface area (Å²) in [6.07, 6.45) is 50.4. The largest absolute Gasteiger partial charge is 0.0654 e. The fourth-order valence-electron chi connectivity index (χ4n) is 5.80. The van der Waals surface area contributed by atoms with E-state index in [1.807, 2.05) is 0 Å². The minimum atomic E-state index is 0. The van der Waals surface area contributed by atoms with Crippen LogP contribution in [0.2, 0.25) is 0 Å². The molecule has 0 unspecified atom stereocenters. The van der Waals surface area contributed by atoms with Gasteiger partial charge in [0.15, 0.2) is 0 Å². The summed E-state index contributed by atoms with van der Waals surface area (Å²) >= 11 is 0. The Kier molecular flexibility index (Phi) is 41.6. The predicted octanol–water partition coefficient (Wildman–Crippen LogP) is 13.9. The van der Waals surface area contributed by atoms with Crippen LogP contribution in [0.15, 0.2) is 0 Å². The minimum Gasteiger partial charge on any atom is -0.0654 e. The standard InChI is InChI=1S/C36H74.Li/c1-3-5-7-9-11-13-15-17-19-21-23-25-27-29-31-33-35-36-34-32-30-28-26-24-22-20-18-16-14-12-10-8-6-4-2;/h3-36H2,1-2H3;.